The van der Waals surface area contributed by atoms with Gasteiger partial charge in [0.25, 0.3) is 0 Å². The van der Waals surface area contributed by atoms with Gasteiger partial charge in [-0.15, -0.1) is 11.3 Å². The molecule has 0 aliphatic rings. The van der Waals surface area contributed by atoms with Crippen molar-refractivity contribution >= 4 is 58.3 Å². The Morgan fingerprint density at radius 3 is 2.82 bits per heavy atom. The number of thiophene rings is 1. The van der Waals surface area contributed by atoms with Crippen LogP contribution in [-0.2, 0) is 0 Å². The molecule has 0 bridgehead atoms. The van der Waals surface area contributed by atoms with Crippen molar-refractivity contribution in [2.24, 2.45) is 0 Å². The van der Waals surface area contributed by atoms with Gasteiger partial charge in [-0.25, -0.2) is 0 Å². The highest BCUT2D eigenvalue weighted by molar-refractivity contribution is 9.10. The minimum absolute atomic E-state index is 1.13. The molecule has 2 heterocycles. The molecule has 1 N–H and O–H groups in total. The molecule has 0 aliphatic heterocycles. The zero-order valence-electron chi connectivity index (χ0n) is 8.83. The van der Waals surface area contributed by atoms with E-state index in [4.69, 9.17) is 0 Å². The first kappa shape index (κ1) is 9.68. The van der Waals surface area contributed by atoms with Crippen LogP contribution in [0, 0.1) is 0 Å². The molecule has 2 aromatic carbocycles. The van der Waals surface area contributed by atoms with E-state index < -0.39 is 0 Å². The summed E-state index contributed by atoms with van der Waals surface area (Å²) in [6.45, 7) is 0. The van der Waals surface area contributed by atoms with E-state index in [1.54, 1.807) is 0 Å². The molecule has 2 aromatic heterocycles. The lowest BCUT2D eigenvalue weighted by molar-refractivity contribution is 1.51. The summed E-state index contributed by atoms with van der Waals surface area (Å²) in [5.74, 6) is 0. The molecule has 0 radical (unpaired) electrons. The van der Waals surface area contributed by atoms with Crippen molar-refractivity contribution in [1.82, 2.24) is 4.98 Å². The maximum Gasteiger partial charge on any atom is 0.101 e. The molecular weight excluding hydrogens is 294 g/mol. The molecule has 4 rings (SSSR count). The number of H-pyrrole nitrogens is 1. The van der Waals surface area contributed by atoms with Gasteiger partial charge >= 0.3 is 0 Å². The Balaban J connectivity index is 2.25. The van der Waals surface area contributed by atoms with Gasteiger partial charge in [-0.1, -0.05) is 22.0 Å². The number of benzene rings is 2. The summed E-state index contributed by atoms with van der Waals surface area (Å²) < 4.78 is 2.48. The molecule has 82 valence electrons. The highest BCUT2D eigenvalue weighted by Gasteiger charge is 2.07. The molecule has 0 fully saturated rings. The molecule has 0 aliphatic carbocycles. The number of rotatable bonds is 0. The molecule has 0 atom stereocenters. The van der Waals surface area contributed by atoms with Crippen LogP contribution >= 0.6 is 27.3 Å². The maximum absolute atomic E-state index is 3.53. The van der Waals surface area contributed by atoms with Crippen LogP contribution in [0.25, 0.3) is 31.1 Å². The second kappa shape index (κ2) is 3.34. The predicted octanol–water partition coefficient (Wildman–Crippen LogP) is 5.30. The molecule has 1 nitrogen and oxygen atoms in total. The minimum atomic E-state index is 1.13. The van der Waals surface area contributed by atoms with Crippen molar-refractivity contribution < 1.29 is 0 Å². The standard InChI is InChI=1S/C14H8BrNS/c15-10-2-1-8-7-13-12(6-9(8)5-10)11-3-4-16-14(11)17-13/h1-7,16H. The van der Waals surface area contributed by atoms with Gasteiger partial charge in [-0.05, 0) is 41.1 Å². The second-order valence-corrected chi connectivity index (χ2v) is 6.13. The highest BCUT2D eigenvalue weighted by atomic mass is 79.9. The van der Waals surface area contributed by atoms with Crippen LogP contribution in [0.3, 0.4) is 0 Å². The zero-order valence-corrected chi connectivity index (χ0v) is 11.2. The van der Waals surface area contributed by atoms with Gasteiger partial charge in [0.2, 0.25) is 0 Å². The molecule has 0 unspecified atom stereocenters. The molecule has 4 aromatic rings. The van der Waals surface area contributed by atoms with Gasteiger partial charge in [0.15, 0.2) is 0 Å². The summed E-state index contributed by atoms with van der Waals surface area (Å²) in [5.41, 5.74) is 0. The highest BCUT2D eigenvalue weighted by Crippen LogP contribution is 2.36. The Labute approximate surface area is 110 Å². The van der Waals surface area contributed by atoms with Crippen molar-refractivity contribution in [3.05, 3.63) is 47.1 Å². The summed E-state index contributed by atoms with van der Waals surface area (Å²) in [4.78, 5) is 4.54. The number of nitrogens with one attached hydrogen (secondary N) is 1. The van der Waals surface area contributed by atoms with Crippen LogP contribution in [0.5, 0.6) is 0 Å². The second-order valence-electron chi connectivity index (χ2n) is 4.16. The van der Waals surface area contributed by atoms with Gasteiger partial charge in [0, 0.05) is 26.1 Å². The van der Waals surface area contributed by atoms with Gasteiger partial charge < -0.3 is 4.98 Å². The SMILES string of the molecule is Brc1ccc2cc3sc4[nH]ccc4c3cc2c1. The van der Waals surface area contributed by atoms with E-state index in [0.29, 0.717) is 0 Å². The van der Waals surface area contributed by atoms with Crippen LogP contribution < -0.4 is 0 Å². The van der Waals surface area contributed by atoms with Crippen LogP contribution in [0.2, 0.25) is 0 Å². The number of fused-ring (bicyclic) bond motifs is 4. The van der Waals surface area contributed by atoms with Gasteiger partial charge in [0.05, 0.1) is 0 Å². The van der Waals surface area contributed by atoms with E-state index >= 15 is 0 Å². The Hall–Kier alpha value is -1.32. The number of hydrogen-bond acceptors (Lipinski definition) is 1. The van der Waals surface area contributed by atoms with Crippen molar-refractivity contribution in [3.8, 4) is 0 Å². The number of aromatic nitrogens is 1. The third-order valence-electron chi connectivity index (χ3n) is 3.11. The van der Waals surface area contributed by atoms with Gasteiger partial charge in [-0.2, -0.15) is 0 Å². The fraction of sp³-hybridized carbons (Fsp3) is 0. The summed E-state index contributed by atoms with van der Waals surface area (Å²) in [6.07, 6.45) is 2.01. The Bertz CT molecular complexity index is 856. The lowest BCUT2D eigenvalue weighted by atomic mass is 10.1. The zero-order chi connectivity index (χ0) is 11.4. The summed E-state index contributed by atoms with van der Waals surface area (Å²) in [5, 5.41) is 5.25. The third-order valence-corrected chi connectivity index (χ3v) is 4.70. The van der Waals surface area contributed by atoms with E-state index in [-0.39, 0.29) is 0 Å². The molecule has 17 heavy (non-hydrogen) atoms. The molecule has 0 saturated heterocycles. The van der Waals surface area contributed by atoms with E-state index in [9.17, 15) is 0 Å². The Morgan fingerprint density at radius 2 is 1.88 bits per heavy atom. The Morgan fingerprint density at radius 1 is 0.941 bits per heavy atom. The minimum Gasteiger partial charge on any atom is -0.353 e. The lowest BCUT2D eigenvalue weighted by Gasteiger charge is -1.99. The van der Waals surface area contributed by atoms with E-state index in [0.717, 1.165) is 4.47 Å². The van der Waals surface area contributed by atoms with Gasteiger partial charge in [-0.3, -0.25) is 0 Å². The van der Waals surface area contributed by atoms with Crippen molar-refractivity contribution in [2.45, 2.75) is 0 Å². The average Bonchev–Trinajstić information content (AvgIpc) is 2.87. The first-order valence-electron chi connectivity index (χ1n) is 5.40. The quantitative estimate of drug-likeness (QED) is 0.454. The maximum atomic E-state index is 3.53. The Kier molecular flexibility index (Phi) is 1.90. The van der Waals surface area contributed by atoms with E-state index in [2.05, 4.69) is 57.3 Å². The average molecular weight is 302 g/mol. The lowest BCUT2D eigenvalue weighted by Crippen LogP contribution is -1.72. The summed E-state index contributed by atoms with van der Waals surface area (Å²) in [7, 11) is 0. The van der Waals surface area contributed by atoms with Crippen LogP contribution in [-0.4, -0.2) is 4.98 Å². The number of aromatic amines is 1. The largest absolute Gasteiger partial charge is 0.353 e. The number of halogens is 1. The fourth-order valence-corrected chi connectivity index (χ4v) is 3.78. The first-order valence-corrected chi connectivity index (χ1v) is 7.01. The predicted molar refractivity (Wildman–Crippen MR) is 78.9 cm³/mol. The van der Waals surface area contributed by atoms with Gasteiger partial charge in [0.1, 0.15) is 4.83 Å². The summed E-state index contributed by atoms with van der Waals surface area (Å²) >= 11 is 5.35. The third kappa shape index (κ3) is 1.36. The van der Waals surface area contributed by atoms with Crippen LogP contribution in [0.15, 0.2) is 47.1 Å². The van der Waals surface area contributed by atoms with Crippen LogP contribution in [0.1, 0.15) is 0 Å². The summed E-state index contributed by atoms with van der Waals surface area (Å²) in [6, 6.07) is 13.1. The number of hydrogen-bond donors (Lipinski definition) is 1. The molecule has 0 spiro atoms. The molecule has 0 saturated carbocycles. The normalized spacial score (nSPS) is 11.8. The molecule has 0 amide bonds. The monoisotopic (exact) mass is 301 g/mol. The van der Waals surface area contributed by atoms with E-state index in [1.165, 1.54) is 31.1 Å². The van der Waals surface area contributed by atoms with Crippen molar-refractivity contribution in [3.63, 3.8) is 0 Å². The smallest absolute Gasteiger partial charge is 0.101 e. The molecule has 3 heteroatoms. The first-order chi connectivity index (χ1) is 8.31. The topological polar surface area (TPSA) is 15.8 Å². The van der Waals surface area contributed by atoms with E-state index in [1.807, 2.05) is 17.5 Å². The van der Waals surface area contributed by atoms with Crippen LogP contribution in [0.4, 0.5) is 0 Å². The van der Waals surface area contributed by atoms with Crippen molar-refractivity contribution in [2.75, 3.05) is 0 Å². The molecular formula is C14H8BrNS. The van der Waals surface area contributed by atoms with Crippen molar-refractivity contribution in [1.29, 1.82) is 0 Å². The fourth-order valence-electron chi connectivity index (χ4n) is 2.30.